The van der Waals surface area contributed by atoms with E-state index in [2.05, 4.69) is 271 Å². The fraction of sp³-hybridized carbons (Fsp3) is 0.178. The van der Waals surface area contributed by atoms with Crippen LogP contribution in [0.1, 0.15) is 84.6 Å². The maximum atomic E-state index is 7.24. The number of anilines is 3. The van der Waals surface area contributed by atoms with E-state index in [0.29, 0.717) is 0 Å². The van der Waals surface area contributed by atoms with E-state index in [-0.39, 0.29) is 16.2 Å². The lowest BCUT2D eigenvalue weighted by molar-refractivity contribution is 0.590. The van der Waals surface area contributed by atoms with E-state index in [4.69, 9.17) is 4.42 Å². The molecule has 77 heavy (non-hydrogen) atoms. The second-order valence-electron chi connectivity index (χ2n) is 25.1. The number of benzene rings is 10. The number of nitrogens with zero attached hydrogens (tertiary/aromatic N) is 3. The molecule has 0 aliphatic heterocycles. The van der Waals surface area contributed by atoms with E-state index in [1.165, 1.54) is 104 Å². The summed E-state index contributed by atoms with van der Waals surface area (Å²) in [5.74, 6) is 0. The van der Waals surface area contributed by atoms with Gasteiger partial charge in [0.05, 0.1) is 38.8 Å². The van der Waals surface area contributed by atoms with Gasteiger partial charge in [0.1, 0.15) is 5.58 Å². The predicted molar refractivity (Wildman–Crippen MR) is 329 cm³/mol. The largest absolute Gasteiger partial charge is 0.453 e. The van der Waals surface area contributed by atoms with Crippen LogP contribution in [0.15, 0.2) is 192 Å². The van der Waals surface area contributed by atoms with E-state index in [9.17, 15) is 0 Å². The minimum Gasteiger partial charge on any atom is -0.453 e. The maximum absolute atomic E-state index is 7.24. The minimum atomic E-state index is -0.0740. The Labute approximate surface area is 449 Å². The third kappa shape index (κ3) is 6.64. The molecule has 0 aliphatic carbocycles. The second-order valence-corrected chi connectivity index (χ2v) is 25.1. The van der Waals surface area contributed by atoms with Gasteiger partial charge in [-0.05, 0) is 135 Å². The minimum absolute atomic E-state index is 0.0326. The second kappa shape index (κ2) is 15.7. The molecular weight excluding hydrogens is 935 g/mol. The number of fused-ring (bicyclic) bond motifs is 15. The Balaban J connectivity index is 1.05. The molecule has 0 fully saturated rings. The van der Waals surface area contributed by atoms with Crippen LogP contribution in [0.25, 0.3) is 120 Å². The Kier molecular flexibility index (Phi) is 9.36. The number of rotatable bonds is 5. The highest BCUT2D eigenvalue weighted by atomic mass is 16.3. The van der Waals surface area contributed by atoms with Crippen LogP contribution in [0.5, 0.6) is 0 Å². The van der Waals surface area contributed by atoms with Gasteiger partial charge in [-0.1, -0.05) is 178 Å². The number of hydrogen-bond donors (Lipinski definition) is 0. The van der Waals surface area contributed by atoms with Crippen molar-refractivity contribution in [1.82, 2.24) is 8.80 Å². The fourth-order valence-corrected chi connectivity index (χ4v) is 12.9. The first-order valence-corrected chi connectivity index (χ1v) is 27.4. The van der Waals surface area contributed by atoms with Crippen molar-refractivity contribution in [3.05, 3.63) is 210 Å². The van der Waals surface area contributed by atoms with Crippen LogP contribution in [0.2, 0.25) is 0 Å². The Hall–Kier alpha value is -8.60. The summed E-state index contributed by atoms with van der Waals surface area (Å²) in [4.78, 5) is 2.46. The summed E-state index contributed by atoms with van der Waals surface area (Å²) in [6, 6.07) is 70.8. The monoisotopic (exact) mass is 995 g/mol. The number of aromatic nitrogens is 2. The van der Waals surface area contributed by atoms with Gasteiger partial charge in [0.25, 0.3) is 0 Å². The molecule has 15 rings (SSSR count). The quantitative estimate of drug-likeness (QED) is 0.172. The highest BCUT2D eigenvalue weighted by Gasteiger charge is 2.29. The first kappa shape index (κ1) is 45.8. The van der Waals surface area contributed by atoms with Gasteiger partial charge in [0.2, 0.25) is 0 Å². The summed E-state index contributed by atoms with van der Waals surface area (Å²) in [5, 5.41) is 12.6. The van der Waals surface area contributed by atoms with Crippen LogP contribution in [0.4, 0.5) is 17.1 Å². The number of furan rings is 1. The highest BCUT2D eigenvalue weighted by Crippen LogP contribution is 2.50. The van der Waals surface area contributed by atoms with Crippen molar-refractivity contribution >= 4 is 115 Å². The first-order valence-electron chi connectivity index (χ1n) is 27.4. The van der Waals surface area contributed by atoms with Crippen molar-refractivity contribution in [2.24, 2.45) is 0 Å². The lowest BCUT2D eigenvalue weighted by Gasteiger charge is -2.28. The van der Waals surface area contributed by atoms with Crippen LogP contribution < -0.4 is 4.90 Å². The fourth-order valence-electron chi connectivity index (χ4n) is 12.9. The Bertz CT molecular complexity index is 4910. The Morgan fingerprint density at radius 2 is 0.857 bits per heavy atom. The third-order valence-corrected chi connectivity index (χ3v) is 17.1. The molecule has 0 saturated carbocycles. The van der Waals surface area contributed by atoms with Crippen molar-refractivity contribution in [3.63, 3.8) is 0 Å². The molecule has 10 aromatic carbocycles. The third-order valence-electron chi connectivity index (χ3n) is 17.1. The van der Waals surface area contributed by atoms with Gasteiger partial charge < -0.3 is 18.1 Å². The molecule has 0 N–H and O–H groups in total. The van der Waals surface area contributed by atoms with E-state index in [1.54, 1.807) is 0 Å². The number of hydrogen-bond acceptors (Lipinski definition) is 2. The molecule has 0 bridgehead atoms. The topological polar surface area (TPSA) is 25.2 Å². The standard InChI is InChI=1S/C73H61N3O/c1-42-27-28-45(43-19-13-11-14-20-43)33-63(42)74(62-26-18-25-53-52-24-17-23-50(69(52)77-70(53)62)44-21-15-12-16-22-44)49-30-31-51-57-35-47(72(5,6)7)37-59-56-40-65-55(41-66(56)76(67(57)59)64(51)39-49)60-38-48(73(8,9)10)36-58-54-34-46(71(2,3)4)29-32-61(54)75(65)68(58)60/h11-41H,1-10H3. The van der Waals surface area contributed by atoms with Gasteiger partial charge in [0, 0.05) is 70.8 Å². The number of para-hydroxylation sites is 2. The maximum Gasteiger partial charge on any atom is 0.159 e. The zero-order valence-corrected chi connectivity index (χ0v) is 45.6. The van der Waals surface area contributed by atoms with Crippen molar-refractivity contribution in [3.8, 4) is 22.3 Å². The van der Waals surface area contributed by atoms with Gasteiger partial charge >= 0.3 is 0 Å². The molecule has 0 spiro atoms. The van der Waals surface area contributed by atoms with Crippen LogP contribution in [0.3, 0.4) is 0 Å². The summed E-state index contributed by atoms with van der Waals surface area (Å²) in [5.41, 5.74) is 22.1. The van der Waals surface area contributed by atoms with Gasteiger partial charge in [-0.25, -0.2) is 0 Å². The molecule has 0 atom stereocenters. The van der Waals surface area contributed by atoms with E-state index in [0.717, 1.165) is 55.7 Å². The van der Waals surface area contributed by atoms with Gasteiger partial charge in [-0.15, -0.1) is 0 Å². The molecule has 5 aromatic heterocycles. The molecule has 0 aliphatic rings. The van der Waals surface area contributed by atoms with Gasteiger partial charge in [-0.2, -0.15) is 0 Å². The SMILES string of the molecule is Cc1ccc(-c2ccccc2)cc1N(c1ccc2c3cc(C(C)(C)C)cc4c5cc6c(cc5n(c2c1)c34)c1cc(C(C)(C)C)cc2c3cc(C(C)(C)C)ccc3n6c21)c1cccc2c1oc1c(-c3ccccc3)cccc12. The van der Waals surface area contributed by atoms with E-state index in [1.807, 2.05) is 0 Å². The van der Waals surface area contributed by atoms with Crippen molar-refractivity contribution in [2.75, 3.05) is 4.90 Å². The Morgan fingerprint density at radius 3 is 1.47 bits per heavy atom. The smallest absolute Gasteiger partial charge is 0.159 e. The summed E-state index contributed by atoms with van der Waals surface area (Å²) in [7, 11) is 0. The average molecular weight is 996 g/mol. The normalized spacial score (nSPS) is 13.1. The Morgan fingerprint density at radius 1 is 0.338 bits per heavy atom. The van der Waals surface area contributed by atoms with Crippen LogP contribution in [0, 0.1) is 6.92 Å². The van der Waals surface area contributed by atoms with Crippen LogP contribution >= 0.6 is 0 Å². The van der Waals surface area contributed by atoms with Gasteiger partial charge in [-0.3, -0.25) is 0 Å². The van der Waals surface area contributed by atoms with Crippen molar-refractivity contribution in [2.45, 2.75) is 85.5 Å². The molecule has 374 valence electrons. The molecular formula is C73H61N3O. The zero-order chi connectivity index (χ0) is 52.6. The van der Waals surface area contributed by atoms with E-state index >= 15 is 0 Å². The summed E-state index contributed by atoms with van der Waals surface area (Å²) >= 11 is 0. The van der Waals surface area contributed by atoms with Crippen molar-refractivity contribution < 1.29 is 4.42 Å². The molecule has 0 saturated heterocycles. The summed E-state index contributed by atoms with van der Waals surface area (Å²) in [6.07, 6.45) is 0. The lowest BCUT2D eigenvalue weighted by Crippen LogP contribution is -2.12. The van der Waals surface area contributed by atoms with Gasteiger partial charge in [0.15, 0.2) is 5.58 Å². The number of aryl methyl sites for hydroxylation is 1. The predicted octanol–water partition coefficient (Wildman–Crippen LogP) is 20.9. The van der Waals surface area contributed by atoms with Crippen molar-refractivity contribution in [1.29, 1.82) is 0 Å². The summed E-state index contributed by atoms with van der Waals surface area (Å²) < 4.78 is 12.4. The molecule has 5 heterocycles. The zero-order valence-electron chi connectivity index (χ0n) is 45.6. The average Bonchev–Trinajstić information content (AvgIpc) is 3.87. The molecule has 0 radical (unpaired) electrons. The highest BCUT2D eigenvalue weighted by molar-refractivity contribution is 6.29. The molecule has 4 nitrogen and oxygen atoms in total. The lowest BCUT2D eigenvalue weighted by atomic mass is 9.84. The van der Waals surface area contributed by atoms with Crippen LogP contribution in [-0.2, 0) is 16.2 Å². The molecule has 4 heteroatoms. The molecule has 15 aromatic rings. The molecule has 0 amide bonds. The van der Waals surface area contributed by atoms with Crippen LogP contribution in [-0.4, -0.2) is 8.80 Å². The van der Waals surface area contributed by atoms with E-state index < -0.39 is 0 Å². The molecule has 0 unspecified atom stereocenters. The summed E-state index contributed by atoms with van der Waals surface area (Å²) in [6.45, 7) is 23.3. The first-order chi connectivity index (χ1) is 37.0.